The molecule has 0 bridgehead atoms. The zero-order chi connectivity index (χ0) is 24.6. The van der Waals surface area contributed by atoms with Crippen LogP contribution in [0.15, 0.2) is 30.5 Å². The fourth-order valence-corrected chi connectivity index (χ4v) is 6.06. The van der Waals surface area contributed by atoms with Gasteiger partial charge in [0.15, 0.2) is 11.6 Å². The van der Waals surface area contributed by atoms with Gasteiger partial charge in [0.25, 0.3) is 0 Å². The van der Waals surface area contributed by atoms with Gasteiger partial charge >= 0.3 is 6.03 Å². The van der Waals surface area contributed by atoms with E-state index in [2.05, 4.69) is 38.1 Å². The average Bonchev–Trinajstić information content (AvgIpc) is 3.53. The zero-order valence-electron chi connectivity index (χ0n) is 19.5. The Morgan fingerprint density at radius 3 is 2.72 bits per heavy atom. The molecule has 1 amide bonds. The van der Waals surface area contributed by atoms with Crippen LogP contribution < -0.4 is 10.4 Å². The van der Waals surface area contributed by atoms with Crippen molar-refractivity contribution in [2.45, 2.75) is 6.54 Å². The summed E-state index contributed by atoms with van der Waals surface area (Å²) >= 11 is 6.22. The van der Waals surface area contributed by atoms with Gasteiger partial charge in [-0.3, -0.25) is 14.4 Å². The Bertz CT molecular complexity index is 1410. The molecule has 0 radical (unpaired) electrons. The molecule has 4 aromatic rings. The first-order valence-corrected chi connectivity index (χ1v) is 13.0. The van der Waals surface area contributed by atoms with Gasteiger partial charge < -0.3 is 9.64 Å². The molecule has 2 aliphatic rings. The van der Waals surface area contributed by atoms with Crippen LogP contribution >= 0.6 is 24.2 Å². The van der Waals surface area contributed by atoms with E-state index in [-0.39, 0.29) is 0 Å². The number of morpholine rings is 1. The predicted molar refractivity (Wildman–Crippen MR) is 141 cm³/mol. The number of hydrogen-bond acceptors (Lipinski definition) is 11. The van der Waals surface area contributed by atoms with Crippen molar-refractivity contribution in [3.8, 4) is 11.4 Å². The Morgan fingerprint density at radius 2 is 1.94 bits per heavy atom. The van der Waals surface area contributed by atoms with Crippen molar-refractivity contribution in [3.05, 3.63) is 35.3 Å². The summed E-state index contributed by atoms with van der Waals surface area (Å²) in [5.41, 5.74) is 3.88. The van der Waals surface area contributed by atoms with Gasteiger partial charge in [0, 0.05) is 61.6 Å². The lowest BCUT2D eigenvalue weighted by Gasteiger charge is -2.31. The van der Waals surface area contributed by atoms with E-state index in [4.69, 9.17) is 19.9 Å². The predicted octanol–water partition coefficient (Wildman–Crippen LogP) is 2.45. The third kappa shape index (κ3) is 4.42. The van der Waals surface area contributed by atoms with Crippen molar-refractivity contribution < 1.29 is 14.7 Å². The van der Waals surface area contributed by atoms with Crippen LogP contribution in [0.5, 0.6) is 0 Å². The maximum Gasteiger partial charge on any atom is 0.366 e. The summed E-state index contributed by atoms with van der Waals surface area (Å²) in [6, 6.07) is 6.98. The van der Waals surface area contributed by atoms with E-state index in [0.717, 1.165) is 77.5 Å². The third-order valence-corrected chi connectivity index (χ3v) is 8.09. The summed E-state index contributed by atoms with van der Waals surface area (Å²) in [4.78, 5) is 28.0. The number of hydrogen-bond donors (Lipinski definition) is 3. The molecule has 2 N–H and O–H groups in total. The summed E-state index contributed by atoms with van der Waals surface area (Å²) in [6.45, 7) is 7.59. The van der Waals surface area contributed by atoms with Crippen molar-refractivity contribution in [3.63, 3.8) is 0 Å². The standard InChI is InChI=1S/C23H26N8O3S2/c32-23(27-33)31-19-3-1-2-16(17(19)13-24-31)21-25-18-12-15(14-28-4-6-30(35)7-5-28)36-20(18)22(26-21)29-8-10-34-11-9-29/h1-3,12-13,33,35H,4-11,14H2,(H,27,32). The number of carbonyl (C=O) groups is 1. The molecule has 13 heteroatoms. The van der Waals surface area contributed by atoms with Gasteiger partial charge in [-0.2, -0.15) is 9.78 Å². The maximum atomic E-state index is 12.0. The molecule has 1 aromatic carbocycles. The second-order valence-corrected chi connectivity index (χ2v) is 10.5. The number of ether oxygens (including phenoxy) is 1. The van der Waals surface area contributed by atoms with Gasteiger partial charge in [0.05, 0.1) is 35.1 Å². The highest BCUT2D eigenvalue weighted by Crippen LogP contribution is 2.36. The molecule has 11 nitrogen and oxygen atoms in total. The highest BCUT2D eigenvalue weighted by molar-refractivity contribution is 7.77. The number of thiophene rings is 1. The number of carbonyl (C=O) groups excluding carboxylic acids is 1. The Labute approximate surface area is 216 Å². The van der Waals surface area contributed by atoms with Crippen LogP contribution in [0, 0.1) is 0 Å². The molecule has 2 aliphatic heterocycles. The second kappa shape index (κ2) is 9.92. The van der Waals surface area contributed by atoms with Crippen LogP contribution in [0.2, 0.25) is 0 Å². The molecule has 3 aromatic heterocycles. The minimum absolute atomic E-state index is 0.560. The summed E-state index contributed by atoms with van der Waals surface area (Å²) in [5.74, 6) is 1.49. The quantitative estimate of drug-likeness (QED) is 0.210. The molecule has 0 spiro atoms. The number of benzene rings is 1. The molecule has 2 fully saturated rings. The molecule has 0 atom stereocenters. The number of thiol groups is 1. The van der Waals surface area contributed by atoms with Crippen LogP contribution in [0.25, 0.3) is 32.5 Å². The Hall–Kier alpha value is -2.81. The second-order valence-electron chi connectivity index (χ2n) is 8.84. The molecule has 0 saturated carbocycles. The molecule has 5 heterocycles. The van der Waals surface area contributed by atoms with Crippen molar-refractivity contribution >= 4 is 57.1 Å². The zero-order valence-corrected chi connectivity index (χ0v) is 21.2. The molecular formula is C23H26N8O3S2. The van der Waals surface area contributed by atoms with Gasteiger partial charge in [0.2, 0.25) is 0 Å². The molecule has 0 unspecified atom stereocenters. The number of fused-ring (bicyclic) bond motifs is 2. The minimum atomic E-state index is -0.728. The van der Waals surface area contributed by atoms with Gasteiger partial charge in [-0.05, 0) is 12.1 Å². The Morgan fingerprint density at radius 1 is 1.14 bits per heavy atom. The lowest BCUT2D eigenvalue weighted by molar-refractivity contribution is 0.122. The number of rotatable bonds is 4. The topological polar surface area (TPSA) is 112 Å². The molecule has 2 saturated heterocycles. The fraction of sp³-hybridized carbons (Fsp3) is 0.391. The first-order chi connectivity index (χ1) is 17.6. The number of nitrogens with zero attached hydrogens (tertiary/aromatic N) is 7. The van der Waals surface area contributed by atoms with Gasteiger partial charge in [-0.1, -0.05) is 24.9 Å². The maximum absolute atomic E-state index is 12.0. The average molecular weight is 527 g/mol. The van der Waals surface area contributed by atoms with Crippen LogP contribution in [0.4, 0.5) is 10.6 Å². The number of hydroxylamine groups is 1. The van der Waals surface area contributed by atoms with E-state index in [1.807, 2.05) is 12.1 Å². The van der Waals surface area contributed by atoms with E-state index >= 15 is 0 Å². The Balaban J connectivity index is 1.44. The largest absolute Gasteiger partial charge is 0.378 e. The summed E-state index contributed by atoms with van der Waals surface area (Å²) in [7, 11) is 0. The molecule has 6 rings (SSSR count). The Kier molecular flexibility index (Phi) is 6.50. The van der Waals surface area contributed by atoms with E-state index in [1.54, 1.807) is 29.1 Å². The first-order valence-electron chi connectivity index (χ1n) is 11.8. The highest BCUT2D eigenvalue weighted by Gasteiger charge is 2.23. The number of aromatic nitrogens is 4. The van der Waals surface area contributed by atoms with E-state index < -0.39 is 6.03 Å². The SMILES string of the molecule is O=C(NO)n1ncc2c(-c3nc(N4CCOCC4)c4sc(CN5CCN(S)CC5)cc4n3)cccc21. The highest BCUT2D eigenvalue weighted by atomic mass is 32.1. The van der Waals surface area contributed by atoms with E-state index in [0.29, 0.717) is 24.6 Å². The summed E-state index contributed by atoms with van der Waals surface area (Å²) in [6.07, 6.45) is 1.60. The van der Waals surface area contributed by atoms with Crippen LogP contribution in [-0.4, -0.2) is 92.7 Å². The van der Waals surface area contributed by atoms with Crippen molar-refractivity contribution in [1.29, 1.82) is 0 Å². The van der Waals surface area contributed by atoms with Crippen LogP contribution in [0.1, 0.15) is 4.88 Å². The van der Waals surface area contributed by atoms with E-state index in [1.165, 1.54) is 4.88 Å². The number of amides is 1. The summed E-state index contributed by atoms with van der Waals surface area (Å²) in [5, 5.41) is 14.0. The van der Waals surface area contributed by atoms with Gasteiger partial charge in [-0.25, -0.2) is 20.2 Å². The molecule has 188 valence electrons. The monoisotopic (exact) mass is 526 g/mol. The molecular weight excluding hydrogens is 500 g/mol. The number of piperazine rings is 1. The first kappa shape index (κ1) is 23.6. The smallest absolute Gasteiger partial charge is 0.366 e. The number of nitrogens with one attached hydrogen (secondary N) is 1. The van der Waals surface area contributed by atoms with Crippen molar-refractivity contribution in [2.24, 2.45) is 0 Å². The fourth-order valence-electron chi connectivity index (χ4n) is 4.72. The van der Waals surface area contributed by atoms with Crippen molar-refractivity contribution in [1.82, 2.24) is 34.4 Å². The van der Waals surface area contributed by atoms with E-state index in [9.17, 15) is 4.79 Å². The van der Waals surface area contributed by atoms with Crippen LogP contribution in [-0.2, 0) is 11.3 Å². The lowest BCUT2D eigenvalue weighted by Crippen LogP contribution is -2.41. The normalized spacial score (nSPS) is 17.8. The molecule has 0 aliphatic carbocycles. The van der Waals surface area contributed by atoms with Crippen molar-refractivity contribution in [2.75, 3.05) is 57.4 Å². The third-order valence-electron chi connectivity index (χ3n) is 6.59. The summed E-state index contributed by atoms with van der Waals surface area (Å²) < 4.78 is 9.84. The lowest BCUT2D eigenvalue weighted by atomic mass is 10.1. The van der Waals surface area contributed by atoms with Crippen LogP contribution in [0.3, 0.4) is 0 Å². The van der Waals surface area contributed by atoms with Gasteiger partial charge in [0.1, 0.15) is 0 Å². The number of anilines is 1. The minimum Gasteiger partial charge on any atom is -0.378 e. The molecule has 36 heavy (non-hydrogen) atoms. The van der Waals surface area contributed by atoms with Gasteiger partial charge in [-0.15, -0.1) is 11.3 Å².